The van der Waals surface area contributed by atoms with Gasteiger partial charge in [0.25, 0.3) is 0 Å². The van der Waals surface area contributed by atoms with Crippen molar-refractivity contribution in [1.82, 2.24) is 24.2 Å². The van der Waals surface area contributed by atoms with Crippen LogP contribution in [-0.2, 0) is 29.5 Å². The molecule has 246 valence electrons. The standard InChI is InChI=1S/C31H34F3N5O7/c1-29(2,3)45-27(42)38(28(43)46-30(4,5)6)16-20-13-22(19-8-10-21(11-9-19)44-31(32,33)34)24-25(37(7)17-35-24)23(20)12-18-14-36-39(15-18)26(40)41/h8-11,13-15,17H,12,16H2,1-7H3,(H,40,41). The molecule has 0 bridgehead atoms. The number of carboxylic acid groups (broad SMARTS) is 1. The van der Waals surface area contributed by atoms with E-state index in [9.17, 15) is 32.7 Å². The van der Waals surface area contributed by atoms with Crippen molar-refractivity contribution in [3.8, 4) is 16.9 Å². The largest absolute Gasteiger partial charge is 0.573 e. The number of amides is 2. The van der Waals surface area contributed by atoms with Gasteiger partial charge in [0.2, 0.25) is 0 Å². The number of nitrogens with zero attached hydrogens (tertiary/aromatic N) is 5. The third-order valence-corrected chi connectivity index (χ3v) is 6.35. The van der Waals surface area contributed by atoms with Crippen molar-refractivity contribution in [2.45, 2.75) is 72.1 Å². The number of carbonyl (C=O) groups is 3. The van der Waals surface area contributed by atoms with Crippen LogP contribution in [0.5, 0.6) is 5.75 Å². The second-order valence-corrected chi connectivity index (χ2v) is 12.5. The van der Waals surface area contributed by atoms with Crippen LogP contribution in [0.3, 0.4) is 0 Å². The summed E-state index contributed by atoms with van der Waals surface area (Å²) < 4.78 is 56.0. The van der Waals surface area contributed by atoms with E-state index < -0.39 is 41.6 Å². The Morgan fingerprint density at radius 1 is 0.957 bits per heavy atom. The van der Waals surface area contributed by atoms with Gasteiger partial charge in [-0.05, 0) is 82.0 Å². The van der Waals surface area contributed by atoms with Crippen molar-refractivity contribution in [2.24, 2.45) is 7.05 Å². The zero-order valence-corrected chi connectivity index (χ0v) is 26.3. The smallest absolute Gasteiger partial charge is 0.463 e. The minimum Gasteiger partial charge on any atom is -0.463 e. The third kappa shape index (κ3) is 8.34. The molecule has 12 nitrogen and oxygen atoms in total. The van der Waals surface area contributed by atoms with Gasteiger partial charge in [-0.2, -0.15) is 9.78 Å². The first-order valence-corrected chi connectivity index (χ1v) is 14.0. The van der Waals surface area contributed by atoms with E-state index in [2.05, 4.69) is 14.8 Å². The first-order valence-electron chi connectivity index (χ1n) is 14.0. The van der Waals surface area contributed by atoms with Gasteiger partial charge in [0.05, 0.1) is 30.1 Å². The van der Waals surface area contributed by atoms with Crippen LogP contribution in [0.15, 0.2) is 49.1 Å². The summed E-state index contributed by atoms with van der Waals surface area (Å²) in [6.45, 7) is 9.55. The lowest BCUT2D eigenvalue weighted by Gasteiger charge is -2.29. The summed E-state index contributed by atoms with van der Waals surface area (Å²) in [7, 11) is 1.73. The summed E-state index contributed by atoms with van der Waals surface area (Å²) in [6.07, 6.45) is -3.71. The summed E-state index contributed by atoms with van der Waals surface area (Å²) in [6, 6.07) is 6.88. The number of ether oxygens (including phenoxy) is 3. The molecule has 0 radical (unpaired) electrons. The van der Waals surface area contributed by atoms with Gasteiger partial charge in [-0.3, -0.25) is 0 Å². The topological polar surface area (TPSA) is 138 Å². The number of rotatable bonds is 6. The highest BCUT2D eigenvalue weighted by Gasteiger charge is 2.33. The van der Waals surface area contributed by atoms with E-state index in [1.807, 2.05) is 0 Å². The average Bonchev–Trinajstić information content (AvgIpc) is 3.52. The predicted molar refractivity (Wildman–Crippen MR) is 159 cm³/mol. The molecule has 0 atom stereocenters. The number of hydrogen-bond acceptors (Lipinski definition) is 8. The van der Waals surface area contributed by atoms with Gasteiger partial charge in [0, 0.05) is 25.2 Å². The minimum absolute atomic E-state index is 0.119. The van der Waals surface area contributed by atoms with Gasteiger partial charge >= 0.3 is 24.6 Å². The molecule has 1 N–H and O–H groups in total. The van der Waals surface area contributed by atoms with Crippen LogP contribution < -0.4 is 4.74 Å². The zero-order chi connectivity index (χ0) is 34.2. The SMILES string of the molecule is Cn1cnc2c(-c3ccc(OC(F)(F)F)cc3)cc(CN(C(=O)OC(C)(C)C)C(=O)OC(C)(C)C)c(Cc3cnn(C(=O)O)c3)c21. The molecule has 2 amide bonds. The third-order valence-electron chi connectivity index (χ3n) is 6.35. The highest BCUT2D eigenvalue weighted by molar-refractivity contribution is 5.96. The quantitative estimate of drug-likeness (QED) is 0.232. The van der Waals surface area contributed by atoms with Gasteiger partial charge in [-0.25, -0.2) is 24.3 Å². The van der Waals surface area contributed by atoms with Crippen molar-refractivity contribution >= 4 is 29.3 Å². The molecular weight excluding hydrogens is 611 g/mol. The molecule has 4 aromatic rings. The van der Waals surface area contributed by atoms with Crippen LogP contribution in [0, 0.1) is 0 Å². The van der Waals surface area contributed by atoms with Crippen molar-refractivity contribution in [1.29, 1.82) is 0 Å². The van der Waals surface area contributed by atoms with Crippen LogP contribution in [0.1, 0.15) is 58.2 Å². The van der Waals surface area contributed by atoms with Crippen LogP contribution in [0.2, 0.25) is 0 Å². The van der Waals surface area contributed by atoms with E-state index >= 15 is 0 Å². The van der Waals surface area contributed by atoms with Crippen molar-refractivity contribution in [3.63, 3.8) is 0 Å². The van der Waals surface area contributed by atoms with Crippen molar-refractivity contribution in [2.75, 3.05) is 0 Å². The molecule has 0 aliphatic heterocycles. The van der Waals surface area contributed by atoms with Crippen molar-refractivity contribution in [3.05, 3.63) is 65.7 Å². The maximum absolute atomic E-state index is 13.4. The molecule has 0 unspecified atom stereocenters. The number of hydrogen-bond donors (Lipinski definition) is 1. The first-order chi connectivity index (χ1) is 21.2. The number of carbonyl (C=O) groups excluding carboxylic acids is 2. The lowest BCUT2D eigenvalue weighted by atomic mass is 9.93. The molecule has 0 aliphatic carbocycles. The van der Waals surface area contributed by atoms with E-state index in [0.717, 1.165) is 9.58 Å². The fourth-order valence-corrected chi connectivity index (χ4v) is 4.63. The molecule has 4 rings (SSSR count). The predicted octanol–water partition coefficient (Wildman–Crippen LogP) is 7.12. The second-order valence-electron chi connectivity index (χ2n) is 12.5. The second kappa shape index (κ2) is 12.4. The monoisotopic (exact) mass is 645 g/mol. The van der Waals surface area contributed by atoms with Gasteiger partial charge in [-0.15, -0.1) is 13.2 Å². The Bertz CT molecular complexity index is 1740. The van der Waals surface area contributed by atoms with E-state index in [1.54, 1.807) is 65.6 Å². The summed E-state index contributed by atoms with van der Waals surface area (Å²) in [4.78, 5) is 43.7. The zero-order valence-electron chi connectivity index (χ0n) is 26.3. The fourth-order valence-electron chi connectivity index (χ4n) is 4.63. The lowest BCUT2D eigenvalue weighted by molar-refractivity contribution is -0.274. The normalized spacial score (nSPS) is 12.2. The van der Waals surface area contributed by atoms with Crippen LogP contribution in [0.4, 0.5) is 27.6 Å². The van der Waals surface area contributed by atoms with Gasteiger partial charge in [-0.1, -0.05) is 12.1 Å². The number of alkyl halides is 3. The number of fused-ring (bicyclic) bond motifs is 1. The Labute approximate surface area is 262 Å². The maximum Gasteiger partial charge on any atom is 0.573 e. The summed E-state index contributed by atoms with van der Waals surface area (Å²) in [5.41, 5.74) is 1.62. The molecule has 0 spiro atoms. The van der Waals surface area contributed by atoms with Gasteiger partial charge < -0.3 is 23.9 Å². The highest BCUT2D eigenvalue weighted by Crippen LogP contribution is 2.36. The van der Waals surface area contributed by atoms with E-state index in [4.69, 9.17) is 9.47 Å². The van der Waals surface area contributed by atoms with Gasteiger partial charge in [0.1, 0.15) is 17.0 Å². The number of aryl methyl sites for hydroxylation is 1. The highest BCUT2D eigenvalue weighted by atomic mass is 19.4. The Balaban J connectivity index is 1.92. The lowest BCUT2D eigenvalue weighted by Crippen LogP contribution is -2.43. The summed E-state index contributed by atoms with van der Waals surface area (Å²) >= 11 is 0. The van der Waals surface area contributed by atoms with E-state index in [0.29, 0.717) is 38.9 Å². The maximum atomic E-state index is 13.4. The number of halogens is 3. The molecule has 0 saturated carbocycles. The van der Waals surface area contributed by atoms with E-state index in [-0.39, 0.29) is 13.0 Å². The van der Waals surface area contributed by atoms with Crippen LogP contribution in [0.25, 0.3) is 22.2 Å². The molecule has 46 heavy (non-hydrogen) atoms. The number of aromatic nitrogens is 4. The number of imidazole rings is 1. The molecule has 0 aliphatic rings. The molecule has 0 fully saturated rings. The first kappa shape index (κ1) is 33.8. The van der Waals surface area contributed by atoms with E-state index in [1.165, 1.54) is 36.7 Å². The molecule has 2 heterocycles. The number of benzene rings is 2. The van der Waals surface area contributed by atoms with Crippen molar-refractivity contribution < 1.29 is 46.9 Å². The molecule has 0 saturated heterocycles. The Kier molecular flexibility index (Phi) is 9.09. The van der Waals surface area contributed by atoms with Gasteiger partial charge in [0.15, 0.2) is 0 Å². The average molecular weight is 646 g/mol. The van der Waals surface area contributed by atoms with Crippen LogP contribution in [-0.4, -0.2) is 65.2 Å². The molecule has 15 heteroatoms. The Morgan fingerprint density at radius 2 is 1.54 bits per heavy atom. The Morgan fingerprint density at radius 3 is 2.04 bits per heavy atom. The van der Waals surface area contributed by atoms with Crippen LogP contribution >= 0.6 is 0 Å². The Hall–Kier alpha value is -5.08. The summed E-state index contributed by atoms with van der Waals surface area (Å²) in [5.74, 6) is -0.415. The molecular formula is C31H34F3N5O7. The minimum atomic E-state index is -4.87. The number of imide groups is 1. The fraction of sp³-hybridized carbons (Fsp3) is 0.387. The molecule has 2 aromatic carbocycles. The molecule has 2 aromatic heterocycles. The summed E-state index contributed by atoms with van der Waals surface area (Å²) in [5, 5.41) is 13.3.